The largest absolute Gasteiger partial charge is 0.460 e. The fourth-order valence-electron chi connectivity index (χ4n) is 0.563. The van der Waals surface area contributed by atoms with Crippen molar-refractivity contribution >= 4 is 11.8 Å². The van der Waals surface area contributed by atoms with E-state index < -0.39 is 17.9 Å². The first-order chi connectivity index (χ1) is 5.07. The first kappa shape index (κ1) is 10.1. The summed E-state index contributed by atoms with van der Waals surface area (Å²) in [6.45, 7) is 3.25. The first-order valence-corrected chi connectivity index (χ1v) is 3.46. The van der Waals surface area contributed by atoms with Crippen molar-refractivity contribution in [1.82, 2.24) is 0 Å². The molecule has 0 bridgehead atoms. The van der Waals surface area contributed by atoms with Gasteiger partial charge in [-0.15, -0.1) is 0 Å². The van der Waals surface area contributed by atoms with Gasteiger partial charge in [0.05, 0.1) is 12.7 Å². The lowest BCUT2D eigenvalue weighted by Gasteiger charge is -2.01. The Morgan fingerprint density at radius 1 is 1.55 bits per heavy atom. The summed E-state index contributed by atoms with van der Waals surface area (Å²) in [4.78, 5) is 21.3. The van der Waals surface area contributed by atoms with Crippen LogP contribution in [-0.4, -0.2) is 29.6 Å². The van der Waals surface area contributed by atoms with E-state index in [-0.39, 0.29) is 13.0 Å². The molecule has 0 saturated heterocycles. The van der Waals surface area contributed by atoms with Crippen LogP contribution in [-0.2, 0) is 14.3 Å². The highest BCUT2D eigenvalue weighted by atomic mass is 16.5. The van der Waals surface area contributed by atoms with Crippen molar-refractivity contribution in [3.05, 3.63) is 0 Å². The zero-order valence-corrected chi connectivity index (χ0v) is 6.66. The molecule has 0 rings (SSSR count). The predicted molar refractivity (Wildman–Crippen MR) is 37.9 cm³/mol. The number of esters is 1. The Balaban J connectivity index is 3.74. The average Bonchev–Trinajstić information content (AvgIpc) is 1.86. The van der Waals surface area contributed by atoms with Gasteiger partial charge in [-0.25, -0.2) is 4.79 Å². The van der Waals surface area contributed by atoms with E-state index >= 15 is 0 Å². The highest BCUT2D eigenvalue weighted by Gasteiger charge is 2.16. The number of rotatable bonds is 4. The summed E-state index contributed by atoms with van der Waals surface area (Å²) in [6, 6.07) is 0. The Bertz CT molecular complexity index is 151. The van der Waals surface area contributed by atoms with Crippen molar-refractivity contribution < 1.29 is 19.4 Å². The smallest absolute Gasteiger partial charge is 0.374 e. The molecule has 1 atom stereocenters. The van der Waals surface area contributed by atoms with Gasteiger partial charge in [-0.05, 0) is 13.8 Å². The van der Waals surface area contributed by atoms with Crippen molar-refractivity contribution in [2.75, 3.05) is 6.61 Å². The first-order valence-electron chi connectivity index (χ1n) is 3.46. The molecule has 4 nitrogen and oxygen atoms in total. The second-order valence-corrected chi connectivity index (χ2v) is 2.20. The van der Waals surface area contributed by atoms with Gasteiger partial charge < -0.3 is 9.84 Å². The number of ketones is 1. The molecule has 0 aliphatic rings. The van der Waals surface area contributed by atoms with E-state index in [9.17, 15) is 9.59 Å². The molecule has 4 heteroatoms. The zero-order valence-electron chi connectivity index (χ0n) is 6.66. The molecule has 0 saturated carbocycles. The van der Waals surface area contributed by atoms with Crippen LogP contribution in [0, 0.1) is 0 Å². The fourth-order valence-corrected chi connectivity index (χ4v) is 0.563. The highest BCUT2D eigenvalue weighted by molar-refractivity contribution is 6.33. The summed E-state index contributed by atoms with van der Waals surface area (Å²) in [5.41, 5.74) is 0. The van der Waals surface area contributed by atoms with E-state index in [1.807, 2.05) is 0 Å². The molecule has 11 heavy (non-hydrogen) atoms. The molecule has 64 valence electrons. The predicted octanol–water partition coefficient (Wildman–Crippen LogP) is -0.110. The molecular formula is C7H12O4. The molecule has 0 fully saturated rings. The van der Waals surface area contributed by atoms with Crippen LogP contribution in [0.5, 0.6) is 0 Å². The molecule has 0 radical (unpaired) electrons. The maximum absolute atomic E-state index is 10.7. The fraction of sp³-hybridized carbons (Fsp3) is 0.714. The number of carbonyl (C=O) groups excluding carboxylic acids is 2. The molecule has 1 unspecified atom stereocenters. The van der Waals surface area contributed by atoms with Gasteiger partial charge in [-0.1, -0.05) is 0 Å². The molecular weight excluding hydrogens is 148 g/mol. The number of ether oxygens (including phenoxy) is 1. The van der Waals surface area contributed by atoms with Gasteiger partial charge in [0.1, 0.15) is 0 Å². The van der Waals surface area contributed by atoms with E-state index in [0.29, 0.717) is 0 Å². The maximum atomic E-state index is 10.7. The standard InChI is InChI=1S/C7H12O4/c1-3-11-7(10)6(9)4-5(2)8/h5,8H,3-4H2,1-2H3. The van der Waals surface area contributed by atoms with Crippen LogP contribution in [0.1, 0.15) is 20.3 Å². The monoisotopic (exact) mass is 160 g/mol. The number of aliphatic hydroxyl groups is 1. The molecule has 0 spiro atoms. The lowest BCUT2D eigenvalue weighted by Crippen LogP contribution is -2.21. The minimum atomic E-state index is -0.867. The molecule has 0 aliphatic heterocycles. The van der Waals surface area contributed by atoms with Gasteiger partial charge in [0.2, 0.25) is 5.78 Å². The second kappa shape index (κ2) is 4.85. The van der Waals surface area contributed by atoms with Gasteiger partial charge in [0.15, 0.2) is 0 Å². The number of hydrogen-bond acceptors (Lipinski definition) is 4. The molecule has 0 heterocycles. The van der Waals surface area contributed by atoms with Crippen molar-refractivity contribution in [1.29, 1.82) is 0 Å². The summed E-state index contributed by atoms with van der Waals surface area (Å²) in [5, 5.41) is 8.71. The number of carbonyl (C=O) groups is 2. The van der Waals surface area contributed by atoms with E-state index in [4.69, 9.17) is 5.11 Å². The molecule has 0 aromatic rings. The summed E-state index contributed by atoms with van der Waals surface area (Å²) in [7, 11) is 0. The van der Waals surface area contributed by atoms with Crippen LogP contribution >= 0.6 is 0 Å². The summed E-state index contributed by atoms with van der Waals surface area (Å²) in [5.74, 6) is -1.55. The van der Waals surface area contributed by atoms with Gasteiger partial charge in [-0.2, -0.15) is 0 Å². The number of aliphatic hydroxyl groups excluding tert-OH is 1. The third-order valence-electron chi connectivity index (χ3n) is 0.984. The second-order valence-electron chi connectivity index (χ2n) is 2.20. The van der Waals surface area contributed by atoms with E-state index in [1.165, 1.54) is 6.92 Å². The van der Waals surface area contributed by atoms with Gasteiger partial charge >= 0.3 is 5.97 Å². The molecule has 0 aromatic heterocycles. The van der Waals surface area contributed by atoms with E-state index in [2.05, 4.69) is 4.74 Å². The molecule has 1 N–H and O–H groups in total. The van der Waals surface area contributed by atoms with Crippen molar-refractivity contribution in [3.63, 3.8) is 0 Å². The van der Waals surface area contributed by atoms with Crippen molar-refractivity contribution in [3.8, 4) is 0 Å². The SMILES string of the molecule is CCOC(=O)C(=O)CC(C)O. The Morgan fingerprint density at radius 2 is 2.09 bits per heavy atom. The van der Waals surface area contributed by atoms with Crippen LogP contribution in [0.4, 0.5) is 0 Å². The van der Waals surface area contributed by atoms with Crippen LogP contribution in [0.2, 0.25) is 0 Å². The van der Waals surface area contributed by atoms with Crippen LogP contribution in [0.25, 0.3) is 0 Å². The van der Waals surface area contributed by atoms with E-state index in [0.717, 1.165) is 0 Å². The van der Waals surface area contributed by atoms with Crippen molar-refractivity contribution in [2.45, 2.75) is 26.4 Å². The Kier molecular flexibility index (Phi) is 4.45. The highest BCUT2D eigenvalue weighted by Crippen LogP contribution is 1.93. The Hall–Kier alpha value is -0.900. The average molecular weight is 160 g/mol. The van der Waals surface area contributed by atoms with Crippen LogP contribution in [0.15, 0.2) is 0 Å². The quantitative estimate of drug-likeness (QED) is 0.460. The molecule has 0 amide bonds. The summed E-state index contributed by atoms with van der Waals surface area (Å²) in [6.07, 6.45) is -0.953. The number of hydrogen-bond donors (Lipinski definition) is 1. The normalized spacial score (nSPS) is 12.3. The third kappa shape index (κ3) is 4.50. The van der Waals surface area contributed by atoms with Gasteiger partial charge in [-0.3, -0.25) is 4.79 Å². The van der Waals surface area contributed by atoms with Crippen LogP contribution < -0.4 is 0 Å². The third-order valence-corrected chi connectivity index (χ3v) is 0.984. The topological polar surface area (TPSA) is 63.6 Å². The van der Waals surface area contributed by atoms with Gasteiger partial charge in [0, 0.05) is 6.42 Å². The summed E-state index contributed by atoms with van der Waals surface area (Å²) >= 11 is 0. The maximum Gasteiger partial charge on any atom is 0.374 e. The minimum absolute atomic E-state index is 0.168. The lowest BCUT2D eigenvalue weighted by atomic mass is 10.2. The Morgan fingerprint density at radius 3 is 2.45 bits per heavy atom. The molecule has 0 aliphatic carbocycles. The molecule has 0 aromatic carbocycles. The minimum Gasteiger partial charge on any atom is -0.460 e. The van der Waals surface area contributed by atoms with Gasteiger partial charge in [0.25, 0.3) is 0 Å². The summed E-state index contributed by atoms with van der Waals surface area (Å²) < 4.78 is 4.40. The van der Waals surface area contributed by atoms with Crippen LogP contribution in [0.3, 0.4) is 0 Å². The Labute approximate surface area is 65.2 Å². The number of Topliss-reactive ketones (excluding diaryl/α,β-unsaturated/α-hetero) is 1. The lowest BCUT2D eigenvalue weighted by molar-refractivity contribution is -0.154. The van der Waals surface area contributed by atoms with Crippen molar-refractivity contribution in [2.24, 2.45) is 0 Å². The van der Waals surface area contributed by atoms with E-state index in [1.54, 1.807) is 6.92 Å². The zero-order chi connectivity index (χ0) is 8.85.